The van der Waals surface area contributed by atoms with Gasteiger partial charge in [-0.05, 0) is 17.5 Å². The second-order valence-corrected chi connectivity index (χ2v) is 6.34. The summed E-state index contributed by atoms with van der Waals surface area (Å²) in [6.45, 7) is 5.05. The first-order valence-electron chi connectivity index (χ1n) is 8.27. The molecule has 0 spiro atoms. The Bertz CT molecular complexity index is 569. The molecule has 2 aromatic carbocycles. The summed E-state index contributed by atoms with van der Waals surface area (Å²) in [5, 5.41) is 10.4. The van der Waals surface area contributed by atoms with Crippen LogP contribution in [0.15, 0.2) is 60.7 Å². The first-order chi connectivity index (χ1) is 10.8. The van der Waals surface area contributed by atoms with Gasteiger partial charge in [-0.15, -0.1) is 0 Å². The van der Waals surface area contributed by atoms with Gasteiger partial charge in [0.25, 0.3) is 0 Å². The third-order valence-corrected chi connectivity index (χ3v) is 4.83. The van der Waals surface area contributed by atoms with Gasteiger partial charge in [0.05, 0.1) is 6.10 Å². The van der Waals surface area contributed by atoms with Crippen molar-refractivity contribution in [2.24, 2.45) is 5.92 Å². The molecule has 1 saturated heterocycles. The summed E-state index contributed by atoms with van der Waals surface area (Å²) in [4.78, 5) is 2.48. The molecule has 22 heavy (non-hydrogen) atoms. The van der Waals surface area contributed by atoms with E-state index < -0.39 is 0 Å². The van der Waals surface area contributed by atoms with Crippen LogP contribution in [0.3, 0.4) is 0 Å². The van der Waals surface area contributed by atoms with Crippen molar-refractivity contribution in [3.8, 4) is 0 Å². The summed E-state index contributed by atoms with van der Waals surface area (Å²) >= 11 is 0. The molecule has 1 N–H and O–H groups in total. The Morgan fingerprint density at radius 3 is 2.27 bits per heavy atom. The molecule has 0 aromatic heterocycles. The van der Waals surface area contributed by atoms with Crippen LogP contribution in [0.1, 0.15) is 30.4 Å². The van der Waals surface area contributed by atoms with Crippen LogP contribution in [-0.4, -0.2) is 29.2 Å². The summed E-state index contributed by atoms with van der Waals surface area (Å²) in [6, 6.07) is 21.3. The van der Waals surface area contributed by atoms with Gasteiger partial charge in [-0.1, -0.05) is 67.6 Å². The molecule has 0 amide bonds. The highest BCUT2D eigenvalue weighted by molar-refractivity contribution is 5.23. The Balaban J connectivity index is 1.76. The molecule has 2 heteroatoms. The monoisotopic (exact) mass is 295 g/mol. The van der Waals surface area contributed by atoms with Crippen molar-refractivity contribution in [1.29, 1.82) is 0 Å². The lowest BCUT2D eigenvalue weighted by Gasteiger charge is -2.23. The summed E-state index contributed by atoms with van der Waals surface area (Å²) < 4.78 is 0. The SMILES string of the molecule is CC[C@@H](O)[C@H]1CN(Cc2ccccc2)C[C@@H]1c1ccccc1. The van der Waals surface area contributed by atoms with Crippen LogP contribution >= 0.6 is 0 Å². The zero-order chi connectivity index (χ0) is 15.4. The van der Waals surface area contributed by atoms with Crippen LogP contribution in [0, 0.1) is 5.92 Å². The van der Waals surface area contributed by atoms with Crippen molar-refractivity contribution in [3.05, 3.63) is 71.8 Å². The van der Waals surface area contributed by atoms with Crippen molar-refractivity contribution >= 4 is 0 Å². The minimum absolute atomic E-state index is 0.217. The standard InChI is InChI=1S/C20H25NO/c1-2-20(22)19-15-21(13-16-9-5-3-6-10-16)14-18(19)17-11-7-4-8-12-17/h3-12,18-20,22H,2,13-15H2,1H3/t18-,19+,20-/m1/s1. The quantitative estimate of drug-likeness (QED) is 0.909. The second-order valence-electron chi connectivity index (χ2n) is 6.34. The lowest BCUT2D eigenvalue weighted by Crippen LogP contribution is -2.26. The Kier molecular flexibility index (Phi) is 4.91. The van der Waals surface area contributed by atoms with Gasteiger partial charge in [0, 0.05) is 31.5 Å². The average molecular weight is 295 g/mol. The molecule has 1 aliphatic rings. The molecule has 3 atom stereocenters. The van der Waals surface area contributed by atoms with Crippen molar-refractivity contribution in [2.75, 3.05) is 13.1 Å². The summed E-state index contributed by atoms with van der Waals surface area (Å²) in [7, 11) is 0. The number of nitrogens with zero attached hydrogens (tertiary/aromatic N) is 1. The number of likely N-dealkylation sites (tertiary alicyclic amines) is 1. The summed E-state index contributed by atoms with van der Waals surface area (Å²) in [5.41, 5.74) is 2.71. The third kappa shape index (κ3) is 3.40. The third-order valence-electron chi connectivity index (χ3n) is 4.83. The number of hydrogen-bond donors (Lipinski definition) is 1. The minimum Gasteiger partial charge on any atom is -0.393 e. The predicted molar refractivity (Wildman–Crippen MR) is 90.7 cm³/mol. The van der Waals surface area contributed by atoms with Gasteiger partial charge in [-0.2, -0.15) is 0 Å². The van der Waals surface area contributed by atoms with Crippen LogP contribution in [0.4, 0.5) is 0 Å². The Labute approximate surface area is 133 Å². The topological polar surface area (TPSA) is 23.5 Å². The summed E-state index contributed by atoms with van der Waals surface area (Å²) in [5.74, 6) is 0.760. The van der Waals surface area contributed by atoms with E-state index in [1.165, 1.54) is 11.1 Å². The van der Waals surface area contributed by atoms with Crippen molar-refractivity contribution < 1.29 is 5.11 Å². The van der Waals surface area contributed by atoms with E-state index in [2.05, 4.69) is 72.5 Å². The van der Waals surface area contributed by atoms with Crippen LogP contribution in [0.2, 0.25) is 0 Å². The number of hydrogen-bond acceptors (Lipinski definition) is 2. The zero-order valence-corrected chi connectivity index (χ0v) is 13.2. The highest BCUT2D eigenvalue weighted by Crippen LogP contribution is 2.36. The molecule has 0 radical (unpaired) electrons. The zero-order valence-electron chi connectivity index (χ0n) is 13.2. The van der Waals surface area contributed by atoms with Gasteiger partial charge in [-0.3, -0.25) is 4.90 Å². The van der Waals surface area contributed by atoms with Crippen LogP contribution < -0.4 is 0 Å². The first-order valence-corrected chi connectivity index (χ1v) is 8.27. The lowest BCUT2D eigenvalue weighted by molar-refractivity contribution is 0.0990. The van der Waals surface area contributed by atoms with Gasteiger partial charge in [0.15, 0.2) is 0 Å². The Morgan fingerprint density at radius 2 is 1.64 bits per heavy atom. The molecule has 116 valence electrons. The maximum Gasteiger partial charge on any atom is 0.0584 e. The largest absolute Gasteiger partial charge is 0.393 e. The molecule has 3 rings (SSSR count). The van der Waals surface area contributed by atoms with Crippen LogP contribution in [-0.2, 0) is 6.54 Å². The van der Waals surface area contributed by atoms with Gasteiger partial charge in [0.1, 0.15) is 0 Å². The van der Waals surface area contributed by atoms with Gasteiger partial charge in [0.2, 0.25) is 0 Å². The predicted octanol–water partition coefficient (Wildman–Crippen LogP) is 3.67. The van der Waals surface area contributed by atoms with E-state index in [0.717, 1.165) is 26.1 Å². The highest BCUT2D eigenvalue weighted by Gasteiger charge is 2.37. The van der Waals surface area contributed by atoms with Crippen LogP contribution in [0.5, 0.6) is 0 Å². The minimum atomic E-state index is -0.217. The van der Waals surface area contributed by atoms with E-state index in [1.54, 1.807) is 0 Å². The van der Waals surface area contributed by atoms with Crippen molar-refractivity contribution in [2.45, 2.75) is 31.9 Å². The number of rotatable bonds is 5. The molecule has 0 saturated carbocycles. The normalized spacial score (nSPS) is 23.5. The molecule has 1 aliphatic heterocycles. The van der Waals surface area contributed by atoms with E-state index in [0.29, 0.717) is 11.8 Å². The van der Waals surface area contributed by atoms with E-state index >= 15 is 0 Å². The first kappa shape index (κ1) is 15.3. The second kappa shape index (κ2) is 7.08. The molecule has 1 heterocycles. The smallest absolute Gasteiger partial charge is 0.0584 e. The fourth-order valence-corrected chi connectivity index (χ4v) is 3.63. The van der Waals surface area contributed by atoms with Gasteiger partial charge >= 0.3 is 0 Å². The maximum atomic E-state index is 10.4. The van der Waals surface area contributed by atoms with E-state index in [4.69, 9.17) is 0 Å². The Morgan fingerprint density at radius 1 is 1.00 bits per heavy atom. The van der Waals surface area contributed by atoms with Gasteiger partial charge < -0.3 is 5.11 Å². The van der Waals surface area contributed by atoms with Crippen molar-refractivity contribution in [3.63, 3.8) is 0 Å². The summed E-state index contributed by atoms with van der Waals surface area (Å²) in [6.07, 6.45) is 0.610. The molecular weight excluding hydrogens is 270 g/mol. The fraction of sp³-hybridized carbons (Fsp3) is 0.400. The molecule has 2 nitrogen and oxygen atoms in total. The maximum absolute atomic E-state index is 10.4. The molecule has 1 fully saturated rings. The number of aliphatic hydroxyl groups excluding tert-OH is 1. The average Bonchev–Trinajstić information content (AvgIpc) is 3.00. The van der Waals surface area contributed by atoms with E-state index in [-0.39, 0.29) is 6.10 Å². The van der Waals surface area contributed by atoms with E-state index in [9.17, 15) is 5.11 Å². The fourth-order valence-electron chi connectivity index (χ4n) is 3.63. The Hall–Kier alpha value is -1.64. The lowest BCUT2D eigenvalue weighted by atomic mass is 9.84. The van der Waals surface area contributed by atoms with Gasteiger partial charge in [-0.25, -0.2) is 0 Å². The van der Waals surface area contributed by atoms with E-state index in [1.807, 2.05) is 0 Å². The molecule has 0 bridgehead atoms. The highest BCUT2D eigenvalue weighted by atomic mass is 16.3. The number of benzene rings is 2. The molecular formula is C20H25NO. The number of aliphatic hydroxyl groups is 1. The molecule has 2 aromatic rings. The molecule has 0 aliphatic carbocycles. The van der Waals surface area contributed by atoms with Crippen LogP contribution in [0.25, 0.3) is 0 Å². The molecule has 0 unspecified atom stereocenters. The van der Waals surface area contributed by atoms with Crippen molar-refractivity contribution in [1.82, 2.24) is 4.90 Å².